The number of para-hydroxylation sites is 1. The second-order valence-electron chi connectivity index (χ2n) is 7.56. The molecule has 6 nitrogen and oxygen atoms in total. The van der Waals surface area contributed by atoms with E-state index in [4.69, 9.17) is 4.74 Å². The molecule has 0 saturated carbocycles. The number of rotatable bonds is 4. The summed E-state index contributed by atoms with van der Waals surface area (Å²) in [6.45, 7) is 1.47. The van der Waals surface area contributed by atoms with Crippen LogP contribution in [0, 0.1) is 5.92 Å². The van der Waals surface area contributed by atoms with Gasteiger partial charge in [-0.15, -0.1) is 0 Å². The number of likely N-dealkylation sites (tertiary alicyclic amines) is 1. The van der Waals surface area contributed by atoms with Crippen LogP contribution in [0.1, 0.15) is 36.3 Å². The summed E-state index contributed by atoms with van der Waals surface area (Å²) in [4.78, 5) is 31.5. The average molecular weight is 379 g/mol. The number of amides is 2. The van der Waals surface area contributed by atoms with E-state index in [1.807, 2.05) is 29.3 Å². The number of anilines is 1. The Hall–Kier alpha value is -2.89. The lowest BCUT2D eigenvalue weighted by molar-refractivity contribution is -0.136. The highest BCUT2D eigenvalue weighted by Crippen LogP contribution is 2.39. The molecule has 2 aliphatic heterocycles. The fourth-order valence-corrected chi connectivity index (χ4v) is 4.28. The van der Waals surface area contributed by atoms with Crippen LogP contribution in [-0.4, -0.2) is 41.9 Å². The molecule has 0 unspecified atom stereocenters. The van der Waals surface area contributed by atoms with Crippen molar-refractivity contribution in [1.29, 1.82) is 0 Å². The van der Waals surface area contributed by atoms with Gasteiger partial charge in [0, 0.05) is 31.9 Å². The molecule has 28 heavy (non-hydrogen) atoms. The van der Waals surface area contributed by atoms with Crippen molar-refractivity contribution in [2.45, 2.75) is 31.6 Å². The number of nitrogens with zero attached hydrogens (tertiary/aromatic N) is 2. The van der Waals surface area contributed by atoms with Gasteiger partial charge < -0.3 is 15.0 Å². The van der Waals surface area contributed by atoms with Crippen LogP contribution in [0.3, 0.4) is 0 Å². The van der Waals surface area contributed by atoms with Gasteiger partial charge >= 0.3 is 0 Å². The lowest BCUT2D eigenvalue weighted by Gasteiger charge is -2.36. The quantitative estimate of drug-likeness (QED) is 0.886. The van der Waals surface area contributed by atoms with Crippen molar-refractivity contribution in [1.82, 2.24) is 9.88 Å². The summed E-state index contributed by atoms with van der Waals surface area (Å²) in [7, 11) is 1.57. The Bertz CT molecular complexity index is 861. The van der Waals surface area contributed by atoms with Crippen LogP contribution in [0.25, 0.3) is 0 Å². The minimum absolute atomic E-state index is 0.0455. The minimum Gasteiger partial charge on any atom is -0.495 e. The molecule has 1 fully saturated rings. The zero-order chi connectivity index (χ0) is 19.5. The summed E-state index contributed by atoms with van der Waals surface area (Å²) in [5.41, 5.74) is 2.73. The number of fused-ring (bicyclic) bond motifs is 1. The monoisotopic (exact) mass is 379 g/mol. The molecular weight excluding hydrogens is 354 g/mol. The molecule has 4 rings (SSSR count). The van der Waals surface area contributed by atoms with Crippen molar-refractivity contribution in [3.05, 3.63) is 53.9 Å². The molecule has 0 aliphatic carbocycles. The standard InChI is InChI=1S/C22H25N3O3/c1-28-19-6-2-5-17-18(13-20(26)24-21(17)19)22(27)25-10-7-15(8-11-25)12-16-4-3-9-23-14-16/h2-6,9,14-15,18H,7-8,10-13H2,1H3,(H,24,26)/t18-/m0/s1. The predicted octanol–water partition coefficient (Wildman–Crippen LogP) is 3.00. The predicted molar refractivity (Wildman–Crippen MR) is 106 cm³/mol. The first-order valence-electron chi connectivity index (χ1n) is 9.80. The number of hydrogen-bond donors (Lipinski definition) is 1. The van der Waals surface area contributed by atoms with Gasteiger partial charge in [-0.2, -0.15) is 0 Å². The highest BCUT2D eigenvalue weighted by atomic mass is 16.5. The van der Waals surface area contributed by atoms with Crippen LogP contribution in [-0.2, 0) is 16.0 Å². The van der Waals surface area contributed by atoms with Crippen molar-refractivity contribution < 1.29 is 14.3 Å². The fourth-order valence-electron chi connectivity index (χ4n) is 4.28. The van der Waals surface area contributed by atoms with E-state index in [2.05, 4.69) is 16.4 Å². The van der Waals surface area contributed by atoms with Gasteiger partial charge in [-0.25, -0.2) is 0 Å². The largest absolute Gasteiger partial charge is 0.495 e. The SMILES string of the molecule is COc1cccc2c1NC(=O)C[C@@H]2C(=O)N1CCC(Cc2cccnc2)CC1. The van der Waals surface area contributed by atoms with Crippen LogP contribution in [0.4, 0.5) is 5.69 Å². The number of carbonyl (C=O) groups is 2. The fraction of sp³-hybridized carbons (Fsp3) is 0.409. The molecule has 1 N–H and O–H groups in total. The number of ether oxygens (including phenoxy) is 1. The third-order valence-electron chi connectivity index (χ3n) is 5.78. The molecule has 2 aromatic rings. The summed E-state index contributed by atoms with van der Waals surface area (Å²) in [6.07, 6.45) is 6.85. The van der Waals surface area contributed by atoms with E-state index < -0.39 is 5.92 Å². The number of piperidine rings is 1. The van der Waals surface area contributed by atoms with Crippen LogP contribution < -0.4 is 10.1 Å². The van der Waals surface area contributed by atoms with Gasteiger partial charge in [0.2, 0.25) is 11.8 Å². The topological polar surface area (TPSA) is 71.5 Å². The Labute approximate surface area is 164 Å². The maximum absolute atomic E-state index is 13.2. The Morgan fingerprint density at radius 1 is 1.25 bits per heavy atom. The number of benzene rings is 1. The minimum atomic E-state index is -0.436. The first-order chi connectivity index (χ1) is 13.7. The van der Waals surface area contributed by atoms with Gasteiger partial charge in [0.25, 0.3) is 0 Å². The van der Waals surface area contributed by atoms with Gasteiger partial charge in [0.05, 0.1) is 18.7 Å². The summed E-state index contributed by atoms with van der Waals surface area (Å²) < 4.78 is 5.36. The molecule has 2 aliphatic rings. The first kappa shape index (κ1) is 18.5. The molecule has 146 valence electrons. The Morgan fingerprint density at radius 3 is 2.79 bits per heavy atom. The number of hydrogen-bond acceptors (Lipinski definition) is 4. The average Bonchev–Trinajstić information content (AvgIpc) is 2.73. The summed E-state index contributed by atoms with van der Waals surface area (Å²) in [5.74, 6) is 0.633. The molecule has 0 spiro atoms. The Balaban J connectivity index is 1.44. The molecule has 0 radical (unpaired) electrons. The molecule has 1 atom stereocenters. The normalized spacial score (nSPS) is 19.7. The molecule has 3 heterocycles. The van der Waals surface area contributed by atoms with E-state index in [0.717, 1.165) is 37.9 Å². The van der Waals surface area contributed by atoms with Crippen molar-refractivity contribution >= 4 is 17.5 Å². The van der Waals surface area contributed by atoms with Gasteiger partial charge in [-0.05, 0) is 48.4 Å². The van der Waals surface area contributed by atoms with Crippen LogP contribution in [0.2, 0.25) is 0 Å². The van der Waals surface area contributed by atoms with Gasteiger partial charge in [-0.1, -0.05) is 18.2 Å². The van der Waals surface area contributed by atoms with E-state index in [0.29, 0.717) is 17.4 Å². The van der Waals surface area contributed by atoms with Crippen molar-refractivity contribution in [3.8, 4) is 5.75 Å². The molecule has 6 heteroatoms. The molecule has 1 aromatic heterocycles. The van der Waals surface area contributed by atoms with Crippen molar-refractivity contribution in [2.75, 3.05) is 25.5 Å². The van der Waals surface area contributed by atoms with E-state index in [9.17, 15) is 9.59 Å². The van der Waals surface area contributed by atoms with Gasteiger partial charge in [-0.3, -0.25) is 14.6 Å². The third-order valence-corrected chi connectivity index (χ3v) is 5.78. The molecule has 2 amide bonds. The zero-order valence-corrected chi connectivity index (χ0v) is 16.1. The number of nitrogens with one attached hydrogen (secondary N) is 1. The van der Waals surface area contributed by atoms with Crippen molar-refractivity contribution in [3.63, 3.8) is 0 Å². The number of pyridine rings is 1. The lowest BCUT2D eigenvalue weighted by atomic mass is 9.86. The Morgan fingerprint density at radius 2 is 2.07 bits per heavy atom. The summed E-state index contributed by atoms with van der Waals surface area (Å²) >= 11 is 0. The van der Waals surface area contributed by atoms with E-state index in [-0.39, 0.29) is 18.2 Å². The summed E-state index contributed by atoms with van der Waals surface area (Å²) in [5, 5.41) is 2.86. The van der Waals surface area contributed by atoms with Crippen LogP contribution >= 0.6 is 0 Å². The van der Waals surface area contributed by atoms with E-state index in [1.54, 1.807) is 19.4 Å². The lowest BCUT2D eigenvalue weighted by Crippen LogP contribution is -2.43. The second-order valence-corrected chi connectivity index (χ2v) is 7.56. The summed E-state index contributed by atoms with van der Waals surface area (Å²) in [6, 6.07) is 9.66. The first-order valence-corrected chi connectivity index (χ1v) is 9.80. The van der Waals surface area contributed by atoms with Gasteiger partial charge in [0.1, 0.15) is 5.75 Å². The Kier molecular flexibility index (Phi) is 5.28. The number of carbonyl (C=O) groups excluding carboxylic acids is 2. The molecular formula is C22H25N3O3. The third kappa shape index (κ3) is 3.72. The molecule has 1 saturated heterocycles. The highest BCUT2D eigenvalue weighted by Gasteiger charge is 2.36. The smallest absolute Gasteiger partial charge is 0.230 e. The number of aromatic nitrogens is 1. The van der Waals surface area contributed by atoms with Gasteiger partial charge in [0.15, 0.2) is 0 Å². The van der Waals surface area contributed by atoms with Crippen molar-refractivity contribution in [2.24, 2.45) is 5.92 Å². The molecule has 0 bridgehead atoms. The zero-order valence-electron chi connectivity index (χ0n) is 16.1. The number of methoxy groups -OCH3 is 1. The maximum Gasteiger partial charge on any atom is 0.230 e. The van der Waals surface area contributed by atoms with E-state index >= 15 is 0 Å². The molecule has 1 aromatic carbocycles. The highest BCUT2D eigenvalue weighted by molar-refractivity contribution is 6.02. The maximum atomic E-state index is 13.2. The van der Waals surface area contributed by atoms with Crippen LogP contribution in [0.15, 0.2) is 42.7 Å². The van der Waals surface area contributed by atoms with Crippen LogP contribution in [0.5, 0.6) is 5.75 Å². The van der Waals surface area contributed by atoms with E-state index in [1.165, 1.54) is 5.56 Å². The second kappa shape index (κ2) is 8.00.